The van der Waals surface area contributed by atoms with E-state index in [1.54, 1.807) is 6.07 Å². The highest BCUT2D eigenvalue weighted by Crippen LogP contribution is 2.36. The Morgan fingerprint density at radius 3 is 2.35 bits per heavy atom. The van der Waals surface area contributed by atoms with Crippen molar-refractivity contribution in [2.45, 2.75) is 23.8 Å². The Hall–Kier alpha value is -1.84. The van der Waals surface area contributed by atoms with Crippen LogP contribution in [0.1, 0.15) is 12.8 Å². The molecule has 9 heteroatoms. The molecule has 142 valence electrons. The molecule has 0 bridgehead atoms. The van der Waals surface area contributed by atoms with Crippen LogP contribution in [0.4, 0.5) is 0 Å². The Morgan fingerprint density at radius 2 is 1.73 bits per heavy atom. The quantitative estimate of drug-likeness (QED) is 0.798. The number of aliphatic carboxylic acids is 1. The number of ether oxygens (including phenoxy) is 2. The summed E-state index contributed by atoms with van der Waals surface area (Å²) < 4.78 is 38.2. The number of hydrogen-bond donors (Lipinski definition) is 1. The summed E-state index contributed by atoms with van der Waals surface area (Å²) in [6.07, 6.45) is 1.87. The summed E-state index contributed by atoms with van der Waals surface area (Å²) in [6, 6.07) is 4.15. The van der Waals surface area contributed by atoms with Gasteiger partial charge in [-0.2, -0.15) is 4.31 Å². The lowest BCUT2D eigenvalue weighted by Crippen LogP contribution is -2.54. The number of fused-ring (bicyclic) bond motifs is 1. The maximum absolute atomic E-state index is 12.9. The molecule has 1 N–H and O–H groups in total. The summed E-state index contributed by atoms with van der Waals surface area (Å²) in [4.78, 5) is 13.6. The fraction of sp³-hybridized carbons (Fsp3) is 0.588. The molecule has 8 nitrogen and oxygen atoms in total. The monoisotopic (exact) mass is 382 g/mol. The zero-order valence-electron chi connectivity index (χ0n) is 14.3. The minimum Gasteiger partial charge on any atom is -0.486 e. The lowest BCUT2D eigenvalue weighted by Gasteiger charge is -2.37. The van der Waals surface area contributed by atoms with Gasteiger partial charge in [-0.25, -0.2) is 8.42 Å². The summed E-state index contributed by atoms with van der Waals surface area (Å²) in [5.41, 5.74) is 0. The van der Waals surface area contributed by atoms with Crippen LogP contribution in [0.25, 0.3) is 0 Å². The molecule has 2 heterocycles. The summed E-state index contributed by atoms with van der Waals surface area (Å²) in [7, 11) is -3.65. The summed E-state index contributed by atoms with van der Waals surface area (Å²) in [5, 5.41) is 9.45. The molecule has 26 heavy (non-hydrogen) atoms. The van der Waals surface area contributed by atoms with Gasteiger partial charge in [0.15, 0.2) is 11.5 Å². The fourth-order valence-corrected chi connectivity index (χ4v) is 5.06. The van der Waals surface area contributed by atoms with Crippen molar-refractivity contribution in [1.29, 1.82) is 0 Å². The minimum atomic E-state index is -3.65. The van der Waals surface area contributed by atoms with E-state index >= 15 is 0 Å². The molecule has 1 atom stereocenters. The van der Waals surface area contributed by atoms with Crippen molar-refractivity contribution in [3.63, 3.8) is 0 Å². The molecule has 1 saturated heterocycles. The molecular weight excluding hydrogens is 360 g/mol. The zero-order valence-corrected chi connectivity index (χ0v) is 15.2. The lowest BCUT2D eigenvalue weighted by atomic mass is 10.1. The number of carbonyl (C=O) groups is 1. The van der Waals surface area contributed by atoms with Crippen LogP contribution in [0, 0.1) is 5.92 Å². The second-order valence-electron chi connectivity index (χ2n) is 6.87. The number of carboxylic acids is 1. The molecule has 0 radical (unpaired) electrons. The van der Waals surface area contributed by atoms with Crippen LogP contribution in [0.3, 0.4) is 0 Å². The average Bonchev–Trinajstić information content (AvgIpc) is 3.46. The third-order valence-electron chi connectivity index (χ3n) is 5.14. The van der Waals surface area contributed by atoms with Crippen molar-refractivity contribution < 1.29 is 27.8 Å². The Kier molecular flexibility index (Phi) is 4.54. The molecule has 1 aliphatic carbocycles. The molecule has 0 aromatic heterocycles. The zero-order chi connectivity index (χ0) is 18.3. The van der Waals surface area contributed by atoms with Crippen molar-refractivity contribution in [3.05, 3.63) is 18.2 Å². The number of carboxylic acid groups (broad SMARTS) is 1. The molecule has 1 aromatic rings. The molecule has 2 fully saturated rings. The highest BCUT2D eigenvalue weighted by molar-refractivity contribution is 7.89. The van der Waals surface area contributed by atoms with Crippen LogP contribution >= 0.6 is 0 Å². The molecule has 3 aliphatic rings. The van der Waals surface area contributed by atoms with E-state index in [-0.39, 0.29) is 23.9 Å². The van der Waals surface area contributed by atoms with E-state index in [0.29, 0.717) is 37.8 Å². The molecule has 4 rings (SSSR count). The smallest absolute Gasteiger partial charge is 0.321 e. The van der Waals surface area contributed by atoms with Crippen LogP contribution < -0.4 is 9.47 Å². The highest BCUT2D eigenvalue weighted by atomic mass is 32.2. The van der Waals surface area contributed by atoms with Gasteiger partial charge in [-0.05, 0) is 30.9 Å². The van der Waals surface area contributed by atoms with E-state index in [0.717, 1.165) is 12.8 Å². The Morgan fingerprint density at radius 1 is 1.08 bits per heavy atom. The van der Waals surface area contributed by atoms with Crippen molar-refractivity contribution in [2.75, 3.05) is 39.4 Å². The van der Waals surface area contributed by atoms with Crippen LogP contribution in [0.2, 0.25) is 0 Å². The Balaban J connectivity index is 1.47. The van der Waals surface area contributed by atoms with E-state index in [2.05, 4.69) is 0 Å². The van der Waals surface area contributed by atoms with Gasteiger partial charge >= 0.3 is 5.97 Å². The van der Waals surface area contributed by atoms with Gasteiger partial charge in [0, 0.05) is 32.2 Å². The van der Waals surface area contributed by atoms with Gasteiger partial charge in [-0.15, -0.1) is 0 Å². The predicted octanol–water partition coefficient (Wildman–Crippen LogP) is 0.627. The fourth-order valence-electron chi connectivity index (χ4n) is 3.62. The SMILES string of the molecule is O=C(O)C(C1CC1)N1CCN(S(=O)(=O)c2ccc3c(c2)OCCO3)CC1. The average molecular weight is 382 g/mol. The van der Waals surface area contributed by atoms with Gasteiger partial charge in [0.2, 0.25) is 10.0 Å². The molecule has 0 amide bonds. The third kappa shape index (κ3) is 3.26. The largest absolute Gasteiger partial charge is 0.486 e. The number of rotatable bonds is 5. The van der Waals surface area contributed by atoms with Crippen LogP contribution in [0.15, 0.2) is 23.1 Å². The van der Waals surface area contributed by atoms with E-state index in [1.807, 2.05) is 4.90 Å². The van der Waals surface area contributed by atoms with Gasteiger partial charge in [0.25, 0.3) is 0 Å². The lowest BCUT2D eigenvalue weighted by molar-refractivity contribution is -0.144. The first kappa shape index (κ1) is 17.6. The van der Waals surface area contributed by atoms with Gasteiger partial charge in [0.1, 0.15) is 19.3 Å². The Labute approximate surface area is 152 Å². The van der Waals surface area contributed by atoms with Crippen molar-refractivity contribution in [3.8, 4) is 11.5 Å². The molecular formula is C17H22N2O6S. The van der Waals surface area contributed by atoms with Crippen LogP contribution in [-0.4, -0.2) is 74.1 Å². The topological polar surface area (TPSA) is 96.4 Å². The molecule has 1 aromatic carbocycles. The van der Waals surface area contributed by atoms with E-state index < -0.39 is 22.0 Å². The van der Waals surface area contributed by atoms with Crippen molar-refractivity contribution in [2.24, 2.45) is 5.92 Å². The standard InChI is InChI=1S/C17H22N2O6S/c20-17(21)16(12-1-2-12)18-5-7-19(8-6-18)26(22,23)13-3-4-14-15(11-13)25-10-9-24-14/h3-4,11-12,16H,1-2,5-10H2,(H,20,21). The van der Waals surface area contributed by atoms with Crippen LogP contribution in [-0.2, 0) is 14.8 Å². The first-order valence-electron chi connectivity index (χ1n) is 8.83. The third-order valence-corrected chi connectivity index (χ3v) is 7.03. The summed E-state index contributed by atoms with van der Waals surface area (Å²) in [5.74, 6) is 0.383. The predicted molar refractivity (Wildman–Crippen MR) is 91.9 cm³/mol. The maximum Gasteiger partial charge on any atom is 0.321 e. The first-order valence-corrected chi connectivity index (χ1v) is 10.3. The first-order chi connectivity index (χ1) is 12.5. The second kappa shape index (κ2) is 6.71. The summed E-state index contributed by atoms with van der Waals surface area (Å²) in [6.45, 7) is 2.27. The normalized spacial score (nSPS) is 22.8. The highest BCUT2D eigenvalue weighted by Gasteiger charge is 2.42. The number of hydrogen-bond acceptors (Lipinski definition) is 6. The Bertz CT molecular complexity index is 799. The number of benzene rings is 1. The van der Waals surface area contributed by atoms with Gasteiger partial charge < -0.3 is 14.6 Å². The van der Waals surface area contributed by atoms with Gasteiger partial charge in [-0.1, -0.05) is 0 Å². The number of piperazine rings is 1. The molecule has 0 spiro atoms. The van der Waals surface area contributed by atoms with Crippen molar-refractivity contribution >= 4 is 16.0 Å². The minimum absolute atomic E-state index is 0.173. The maximum atomic E-state index is 12.9. The second-order valence-corrected chi connectivity index (χ2v) is 8.80. The van der Waals surface area contributed by atoms with Gasteiger partial charge in [0.05, 0.1) is 4.90 Å². The summed E-state index contributed by atoms with van der Waals surface area (Å²) >= 11 is 0. The van der Waals surface area contributed by atoms with Crippen LogP contribution in [0.5, 0.6) is 11.5 Å². The number of nitrogens with zero attached hydrogens (tertiary/aromatic N) is 2. The molecule has 1 saturated carbocycles. The molecule has 1 unspecified atom stereocenters. The van der Waals surface area contributed by atoms with E-state index in [9.17, 15) is 18.3 Å². The number of sulfonamides is 1. The van der Waals surface area contributed by atoms with Gasteiger partial charge in [-0.3, -0.25) is 9.69 Å². The van der Waals surface area contributed by atoms with E-state index in [4.69, 9.17) is 9.47 Å². The molecule has 2 aliphatic heterocycles. The van der Waals surface area contributed by atoms with Crippen molar-refractivity contribution in [1.82, 2.24) is 9.21 Å². The van der Waals surface area contributed by atoms with E-state index in [1.165, 1.54) is 16.4 Å².